The maximum Gasteiger partial charge on any atom is 0.490 e. The summed E-state index contributed by atoms with van der Waals surface area (Å²) in [7, 11) is 0. The Balaban J connectivity index is 0.000000321. The molecule has 1 aromatic heterocycles. The van der Waals surface area contributed by atoms with Gasteiger partial charge in [0.1, 0.15) is 5.69 Å². The number of aliphatic carboxylic acids is 1. The van der Waals surface area contributed by atoms with Crippen molar-refractivity contribution in [3.8, 4) is 5.88 Å². The van der Waals surface area contributed by atoms with Crippen molar-refractivity contribution in [3.05, 3.63) is 16.7 Å². The van der Waals surface area contributed by atoms with E-state index in [9.17, 15) is 18.0 Å². The SMILES string of the molecule is CC1(C)Oc2ncc(Br)cc2N(C2CCNCC2)C1=O.O=C(O)C(F)(F)F. The number of ether oxygens (including phenoxy) is 1. The zero-order chi connectivity index (χ0) is 20.4. The fourth-order valence-electron chi connectivity index (χ4n) is 2.78. The van der Waals surface area contributed by atoms with Gasteiger partial charge in [-0.15, -0.1) is 0 Å². The van der Waals surface area contributed by atoms with Crippen molar-refractivity contribution < 1.29 is 32.6 Å². The third-order valence-electron chi connectivity index (χ3n) is 4.06. The third kappa shape index (κ3) is 5.10. The Bertz CT molecular complexity index is 721. The highest BCUT2D eigenvalue weighted by Crippen LogP contribution is 2.39. The molecular weight excluding hydrogens is 435 g/mol. The molecule has 0 bridgehead atoms. The predicted molar refractivity (Wildman–Crippen MR) is 93.7 cm³/mol. The molecular formula is C16H19BrF3N3O4. The van der Waals surface area contributed by atoms with Gasteiger partial charge in [0, 0.05) is 16.7 Å². The van der Waals surface area contributed by atoms with Gasteiger partial charge < -0.3 is 20.1 Å². The van der Waals surface area contributed by atoms with Crippen molar-refractivity contribution in [2.75, 3.05) is 18.0 Å². The average molecular weight is 454 g/mol. The van der Waals surface area contributed by atoms with Crippen LogP contribution in [0.1, 0.15) is 26.7 Å². The Labute approximate surface area is 162 Å². The smallest absolute Gasteiger partial charge is 0.475 e. The summed E-state index contributed by atoms with van der Waals surface area (Å²) >= 11 is 3.42. The van der Waals surface area contributed by atoms with Crippen LogP contribution in [-0.4, -0.2) is 52.9 Å². The van der Waals surface area contributed by atoms with Crippen LogP contribution in [-0.2, 0) is 9.59 Å². The number of fused-ring (bicyclic) bond motifs is 1. The molecule has 11 heteroatoms. The number of carbonyl (C=O) groups excluding carboxylic acids is 1. The van der Waals surface area contributed by atoms with Gasteiger partial charge in [-0.25, -0.2) is 9.78 Å². The lowest BCUT2D eigenvalue weighted by Crippen LogP contribution is -2.57. The van der Waals surface area contributed by atoms with E-state index in [1.165, 1.54) is 0 Å². The maximum atomic E-state index is 12.8. The van der Waals surface area contributed by atoms with Gasteiger partial charge in [-0.2, -0.15) is 13.2 Å². The van der Waals surface area contributed by atoms with Gasteiger partial charge in [-0.3, -0.25) is 4.79 Å². The molecule has 27 heavy (non-hydrogen) atoms. The molecule has 0 spiro atoms. The number of anilines is 1. The van der Waals surface area contributed by atoms with Gasteiger partial charge in [-0.1, -0.05) is 0 Å². The molecule has 1 fully saturated rings. The number of amides is 1. The van der Waals surface area contributed by atoms with E-state index in [0.29, 0.717) is 5.88 Å². The number of hydrogen-bond donors (Lipinski definition) is 2. The summed E-state index contributed by atoms with van der Waals surface area (Å²) in [6.07, 6.45) is -1.48. The average Bonchev–Trinajstić information content (AvgIpc) is 2.57. The number of hydrogen-bond acceptors (Lipinski definition) is 5. The van der Waals surface area contributed by atoms with Crippen LogP contribution in [0.3, 0.4) is 0 Å². The lowest BCUT2D eigenvalue weighted by atomic mass is 9.98. The standard InChI is InChI=1S/C14H18BrN3O2.C2HF3O2/c1-14(2)13(19)18(10-3-5-16-6-4-10)11-7-9(15)8-17-12(11)20-14;3-2(4,5)1(6)7/h7-8,10,16H,3-6H2,1-2H3;(H,6,7). The molecule has 2 N–H and O–H groups in total. The first-order valence-electron chi connectivity index (χ1n) is 8.12. The molecule has 1 saturated heterocycles. The normalized spacial score (nSPS) is 19.5. The van der Waals surface area contributed by atoms with E-state index >= 15 is 0 Å². The number of aromatic nitrogens is 1. The Hall–Kier alpha value is -1.88. The first kappa shape index (κ1) is 21.4. The number of piperidine rings is 1. The first-order chi connectivity index (χ1) is 12.4. The number of nitrogens with zero attached hydrogens (tertiary/aromatic N) is 2. The largest absolute Gasteiger partial charge is 0.490 e. The van der Waals surface area contributed by atoms with Crippen molar-refractivity contribution in [2.24, 2.45) is 0 Å². The summed E-state index contributed by atoms with van der Waals surface area (Å²) in [6.45, 7) is 5.48. The van der Waals surface area contributed by atoms with E-state index in [2.05, 4.69) is 26.2 Å². The number of nitrogens with one attached hydrogen (secondary N) is 1. The number of alkyl halides is 3. The molecule has 3 rings (SSSR count). The number of pyridine rings is 1. The molecule has 1 aromatic rings. The highest BCUT2D eigenvalue weighted by atomic mass is 79.9. The van der Waals surface area contributed by atoms with Gasteiger partial charge in [0.05, 0.1) is 0 Å². The molecule has 2 aliphatic rings. The van der Waals surface area contributed by atoms with E-state index in [-0.39, 0.29) is 11.9 Å². The lowest BCUT2D eigenvalue weighted by molar-refractivity contribution is -0.192. The summed E-state index contributed by atoms with van der Waals surface area (Å²) in [5.74, 6) is -2.21. The number of carbonyl (C=O) groups is 2. The van der Waals surface area contributed by atoms with Gasteiger partial charge in [0.2, 0.25) is 5.88 Å². The van der Waals surface area contributed by atoms with E-state index in [4.69, 9.17) is 14.6 Å². The highest BCUT2D eigenvalue weighted by Gasteiger charge is 2.44. The van der Waals surface area contributed by atoms with Gasteiger partial charge in [-0.05, 0) is 61.8 Å². The third-order valence-corrected chi connectivity index (χ3v) is 4.49. The number of carboxylic acid groups (broad SMARTS) is 1. The van der Waals surface area contributed by atoms with Gasteiger partial charge in [0.25, 0.3) is 5.91 Å². The summed E-state index contributed by atoms with van der Waals surface area (Å²) in [5, 5.41) is 10.5. The van der Waals surface area contributed by atoms with E-state index in [1.807, 2.05) is 11.0 Å². The minimum Gasteiger partial charge on any atom is -0.475 e. The van der Waals surface area contributed by atoms with E-state index in [1.54, 1.807) is 20.0 Å². The van der Waals surface area contributed by atoms with Crippen LogP contribution in [0.15, 0.2) is 16.7 Å². The van der Waals surface area contributed by atoms with Crippen LogP contribution in [0.4, 0.5) is 18.9 Å². The molecule has 0 aliphatic carbocycles. The predicted octanol–water partition coefficient (Wildman–Crippen LogP) is 2.73. The first-order valence-corrected chi connectivity index (χ1v) is 8.92. The fraction of sp³-hybridized carbons (Fsp3) is 0.562. The van der Waals surface area contributed by atoms with Gasteiger partial charge in [0.15, 0.2) is 5.60 Å². The topological polar surface area (TPSA) is 91.8 Å². The minimum atomic E-state index is -5.08. The molecule has 0 unspecified atom stereocenters. The van der Waals surface area contributed by atoms with Crippen LogP contribution in [0.2, 0.25) is 0 Å². The second kappa shape index (κ2) is 8.01. The molecule has 3 heterocycles. The summed E-state index contributed by atoms with van der Waals surface area (Å²) in [5.41, 5.74) is -0.0887. The Morgan fingerprint density at radius 1 is 1.41 bits per heavy atom. The number of halogens is 4. The van der Waals surface area contributed by atoms with Crippen molar-refractivity contribution in [1.82, 2.24) is 10.3 Å². The highest BCUT2D eigenvalue weighted by molar-refractivity contribution is 9.10. The van der Waals surface area contributed by atoms with Crippen molar-refractivity contribution >= 4 is 33.5 Å². The maximum absolute atomic E-state index is 12.8. The van der Waals surface area contributed by atoms with Crippen LogP contribution in [0.5, 0.6) is 5.88 Å². The lowest BCUT2D eigenvalue weighted by Gasteiger charge is -2.43. The minimum absolute atomic E-state index is 0.0109. The zero-order valence-corrected chi connectivity index (χ0v) is 16.2. The zero-order valence-electron chi connectivity index (χ0n) is 14.6. The molecule has 0 saturated carbocycles. The Kier molecular flexibility index (Phi) is 6.35. The van der Waals surface area contributed by atoms with Crippen LogP contribution in [0, 0.1) is 0 Å². The van der Waals surface area contributed by atoms with E-state index < -0.39 is 17.7 Å². The molecule has 7 nitrogen and oxygen atoms in total. The van der Waals surface area contributed by atoms with Crippen molar-refractivity contribution in [1.29, 1.82) is 0 Å². The van der Waals surface area contributed by atoms with Crippen LogP contribution in [0.25, 0.3) is 0 Å². The quantitative estimate of drug-likeness (QED) is 0.679. The second-order valence-electron chi connectivity index (χ2n) is 6.55. The van der Waals surface area contributed by atoms with E-state index in [0.717, 1.165) is 36.1 Å². The molecule has 1 amide bonds. The monoisotopic (exact) mass is 453 g/mol. The molecule has 0 radical (unpaired) electrons. The fourth-order valence-corrected chi connectivity index (χ4v) is 3.10. The molecule has 0 atom stereocenters. The summed E-state index contributed by atoms with van der Waals surface area (Å²) in [6, 6.07) is 2.12. The molecule has 2 aliphatic heterocycles. The number of rotatable bonds is 1. The summed E-state index contributed by atoms with van der Waals surface area (Å²) in [4.78, 5) is 27.9. The second-order valence-corrected chi connectivity index (χ2v) is 7.47. The van der Waals surface area contributed by atoms with Crippen molar-refractivity contribution in [2.45, 2.75) is 44.5 Å². The van der Waals surface area contributed by atoms with Crippen molar-refractivity contribution in [3.63, 3.8) is 0 Å². The van der Waals surface area contributed by atoms with Gasteiger partial charge >= 0.3 is 12.1 Å². The number of carboxylic acids is 1. The van der Waals surface area contributed by atoms with Crippen LogP contribution >= 0.6 is 15.9 Å². The Morgan fingerprint density at radius 2 is 1.96 bits per heavy atom. The molecule has 150 valence electrons. The molecule has 0 aromatic carbocycles. The Morgan fingerprint density at radius 3 is 2.48 bits per heavy atom. The van der Waals surface area contributed by atoms with Crippen LogP contribution < -0.4 is 15.0 Å². The summed E-state index contributed by atoms with van der Waals surface area (Å²) < 4.78 is 38.4.